The lowest BCUT2D eigenvalue weighted by Gasteiger charge is -2.39. The van der Waals surface area contributed by atoms with Crippen molar-refractivity contribution in [3.8, 4) is 11.5 Å². The van der Waals surface area contributed by atoms with Gasteiger partial charge in [-0.15, -0.1) is 0 Å². The number of hydrogen-bond acceptors (Lipinski definition) is 4. The molecule has 4 rings (SSSR count). The van der Waals surface area contributed by atoms with E-state index in [1.54, 1.807) is 0 Å². The van der Waals surface area contributed by atoms with Crippen LogP contribution in [0.2, 0.25) is 5.02 Å². The molecule has 1 N–H and O–H groups in total. The van der Waals surface area contributed by atoms with Crippen LogP contribution in [0.5, 0.6) is 11.5 Å². The van der Waals surface area contributed by atoms with Gasteiger partial charge in [0.05, 0.1) is 5.60 Å². The van der Waals surface area contributed by atoms with Crippen molar-refractivity contribution < 1.29 is 14.6 Å². The van der Waals surface area contributed by atoms with Crippen LogP contribution in [0, 0.1) is 0 Å². The summed E-state index contributed by atoms with van der Waals surface area (Å²) in [6.45, 7) is 3.29. The fourth-order valence-corrected chi connectivity index (χ4v) is 3.90. The van der Waals surface area contributed by atoms with Gasteiger partial charge >= 0.3 is 0 Å². The van der Waals surface area contributed by atoms with Gasteiger partial charge in [0.15, 0.2) is 11.5 Å². The Kier molecular flexibility index (Phi) is 5.07. The zero-order valence-electron chi connectivity index (χ0n) is 14.7. The number of nitrogens with zero attached hydrogens (tertiary/aromatic N) is 1. The van der Waals surface area contributed by atoms with Crippen molar-refractivity contribution in [2.24, 2.45) is 0 Å². The highest BCUT2D eigenvalue weighted by Gasteiger charge is 2.34. The predicted octanol–water partition coefficient (Wildman–Crippen LogP) is 3.85. The molecule has 0 spiro atoms. The summed E-state index contributed by atoms with van der Waals surface area (Å²) in [4.78, 5) is 2.40. The maximum atomic E-state index is 10.9. The highest BCUT2D eigenvalue weighted by Crippen LogP contribution is 2.35. The molecule has 0 amide bonds. The van der Waals surface area contributed by atoms with E-state index in [1.807, 2.05) is 48.5 Å². The van der Waals surface area contributed by atoms with Gasteiger partial charge in [-0.1, -0.05) is 41.9 Å². The third-order valence-electron chi connectivity index (χ3n) is 5.39. The fourth-order valence-electron chi connectivity index (χ4n) is 3.74. The number of ether oxygens (including phenoxy) is 2. The SMILES string of the molecule is OC1(c2ccccc2)CCN(CCC2COc3ccc(Cl)cc3O2)CC1. The molecule has 0 saturated carbocycles. The van der Waals surface area contributed by atoms with Gasteiger partial charge in [0.1, 0.15) is 12.7 Å². The van der Waals surface area contributed by atoms with Crippen molar-refractivity contribution in [2.75, 3.05) is 26.2 Å². The van der Waals surface area contributed by atoms with Crippen molar-refractivity contribution in [3.05, 3.63) is 59.1 Å². The molecule has 1 saturated heterocycles. The predicted molar refractivity (Wildman–Crippen MR) is 102 cm³/mol. The molecule has 0 aromatic heterocycles. The van der Waals surface area contributed by atoms with Crippen molar-refractivity contribution in [1.29, 1.82) is 0 Å². The third kappa shape index (κ3) is 3.83. The first-order valence-corrected chi connectivity index (χ1v) is 9.59. The Bertz CT molecular complexity index is 744. The summed E-state index contributed by atoms with van der Waals surface area (Å²) < 4.78 is 11.8. The summed E-state index contributed by atoms with van der Waals surface area (Å²) in [5.74, 6) is 1.49. The van der Waals surface area contributed by atoms with Gasteiger partial charge in [-0.2, -0.15) is 0 Å². The van der Waals surface area contributed by atoms with Gasteiger partial charge < -0.3 is 19.5 Å². The standard InChI is InChI=1S/C21H24ClNO3/c22-17-6-7-19-20(14-17)26-18(15-25-19)8-11-23-12-9-21(24,10-13-23)16-4-2-1-3-5-16/h1-7,14,18,24H,8-13,15H2. The molecule has 2 aliphatic rings. The number of piperidine rings is 1. The van der Waals surface area contributed by atoms with E-state index in [4.69, 9.17) is 21.1 Å². The molecule has 2 aromatic carbocycles. The summed E-state index contributed by atoms with van der Waals surface area (Å²) in [6.07, 6.45) is 2.46. The van der Waals surface area contributed by atoms with Crippen molar-refractivity contribution in [3.63, 3.8) is 0 Å². The van der Waals surface area contributed by atoms with E-state index < -0.39 is 5.60 Å². The molecule has 0 bridgehead atoms. The minimum absolute atomic E-state index is 0.0379. The van der Waals surface area contributed by atoms with E-state index in [0.29, 0.717) is 11.6 Å². The van der Waals surface area contributed by atoms with Crippen LogP contribution in [0.4, 0.5) is 0 Å². The monoisotopic (exact) mass is 373 g/mol. The van der Waals surface area contributed by atoms with E-state index in [1.165, 1.54) is 0 Å². The minimum Gasteiger partial charge on any atom is -0.486 e. The fraction of sp³-hybridized carbons (Fsp3) is 0.429. The first-order valence-electron chi connectivity index (χ1n) is 9.22. The van der Waals surface area contributed by atoms with E-state index >= 15 is 0 Å². The minimum atomic E-state index is -0.697. The Morgan fingerprint density at radius 3 is 2.62 bits per heavy atom. The normalized spacial score (nSPS) is 22.2. The summed E-state index contributed by atoms with van der Waals surface area (Å²) in [7, 11) is 0. The summed E-state index contributed by atoms with van der Waals surface area (Å²) in [5, 5.41) is 11.6. The second-order valence-electron chi connectivity index (χ2n) is 7.17. The molecule has 0 radical (unpaired) electrons. The van der Waals surface area contributed by atoms with Crippen LogP contribution in [0.15, 0.2) is 48.5 Å². The average molecular weight is 374 g/mol. The van der Waals surface area contributed by atoms with Crippen LogP contribution < -0.4 is 9.47 Å². The Morgan fingerprint density at radius 1 is 1.08 bits per heavy atom. The summed E-state index contributed by atoms with van der Waals surface area (Å²) >= 11 is 6.03. The third-order valence-corrected chi connectivity index (χ3v) is 5.62. The smallest absolute Gasteiger partial charge is 0.163 e. The van der Waals surface area contributed by atoms with E-state index in [2.05, 4.69) is 4.90 Å². The zero-order chi connectivity index (χ0) is 18.0. The number of likely N-dealkylation sites (tertiary alicyclic amines) is 1. The molecule has 2 aromatic rings. The van der Waals surface area contributed by atoms with Gasteiger partial charge in [-0.25, -0.2) is 0 Å². The number of hydrogen-bond donors (Lipinski definition) is 1. The van der Waals surface area contributed by atoms with Crippen molar-refractivity contribution in [1.82, 2.24) is 4.90 Å². The van der Waals surface area contributed by atoms with E-state index in [0.717, 1.165) is 56.0 Å². The van der Waals surface area contributed by atoms with E-state index in [9.17, 15) is 5.11 Å². The highest BCUT2D eigenvalue weighted by atomic mass is 35.5. The number of rotatable bonds is 4. The number of benzene rings is 2. The lowest BCUT2D eigenvalue weighted by molar-refractivity contribution is -0.0289. The molecule has 1 unspecified atom stereocenters. The van der Waals surface area contributed by atoms with Gasteiger partial charge in [0.2, 0.25) is 0 Å². The number of fused-ring (bicyclic) bond motifs is 1. The molecular weight excluding hydrogens is 350 g/mol. The molecular formula is C21H24ClNO3. The molecule has 2 aliphatic heterocycles. The lowest BCUT2D eigenvalue weighted by Crippen LogP contribution is -2.44. The maximum Gasteiger partial charge on any atom is 0.163 e. The first kappa shape index (κ1) is 17.7. The molecule has 1 fully saturated rings. The van der Waals surface area contributed by atoms with E-state index in [-0.39, 0.29) is 6.10 Å². The highest BCUT2D eigenvalue weighted by molar-refractivity contribution is 6.30. The summed E-state index contributed by atoms with van der Waals surface area (Å²) in [6, 6.07) is 15.5. The van der Waals surface area contributed by atoms with Crippen LogP contribution >= 0.6 is 11.6 Å². The second-order valence-corrected chi connectivity index (χ2v) is 7.61. The topological polar surface area (TPSA) is 41.9 Å². The molecule has 2 heterocycles. The quantitative estimate of drug-likeness (QED) is 0.883. The largest absolute Gasteiger partial charge is 0.486 e. The molecule has 5 heteroatoms. The molecule has 1 atom stereocenters. The second kappa shape index (κ2) is 7.47. The lowest BCUT2D eigenvalue weighted by atomic mass is 9.84. The van der Waals surface area contributed by atoms with Gasteiger partial charge in [0, 0.05) is 37.1 Å². The Balaban J connectivity index is 1.28. The molecule has 138 valence electrons. The van der Waals surface area contributed by atoms with Crippen LogP contribution in [-0.2, 0) is 5.60 Å². The molecule has 4 nitrogen and oxygen atoms in total. The van der Waals surface area contributed by atoms with Gasteiger partial charge in [0.25, 0.3) is 0 Å². The maximum absolute atomic E-state index is 10.9. The van der Waals surface area contributed by atoms with Crippen LogP contribution in [0.1, 0.15) is 24.8 Å². The average Bonchev–Trinajstić information content (AvgIpc) is 2.68. The van der Waals surface area contributed by atoms with Crippen LogP contribution in [0.3, 0.4) is 0 Å². The molecule has 26 heavy (non-hydrogen) atoms. The Morgan fingerprint density at radius 2 is 1.85 bits per heavy atom. The Labute approximate surface area is 159 Å². The Hall–Kier alpha value is -1.75. The van der Waals surface area contributed by atoms with Gasteiger partial charge in [-0.05, 0) is 30.5 Å². The summed E-state index contributed by atoms with van der Waals surface area (Å²) in [5.41, 5.74) is 0.329. The van der Waals surface area contributed by atoms with Crippen LogP contribution in [0.25, 0.3) is 0 Å². The molecule has 0 aliphatic carbocycles. The van der Waals surface area contributed by atoms with Crippen molar-refractivity contribution in [2.45, 2.75) is 31.0 Å². The number of halogens is 1. The van der Waals surface area contributed by atoms with Crippen molar-refractivity contribution >= 4 is 11.6 Å². The van der Waals surface area contributed by atoms with Gasteiger partial charge in [-0.3, -0.25) is 0 Å². The number of aliphatic hydroxyl groups is 1. The zero-order valence-corrected chi connectivity index (χ0v) is 15.5. The first-order chi connectivity index (χ1) is 12.6. The van der Waals surface area contributed by atoms with Crippen LogP contribution in [-0.4, -0.2) is 42.4 Å².